The third-order valence-corrected chi connectivity index (χ3v) is 5.95. The average Bonchev–Trinajstić information content (AvgIpc) is 2.68. The summed E-state index contributed by atoms with van der Waals surface area (Å²) in [5, 5.41) is 0. The van der Waals surface area contributed by atoms with E-state index in [1.807, 2.05) is 49.4 Å². The lowest BCUT2D eigenvalue weighted by Crippen LogP contribution is -2.47. The third kappa shape index (κ3) is 4.67. The molecule has 0 amide bonds. The molecule has 0 spiro atoms. The fraction of sp³-hybridized carbons (Fsp3) is 0.368. The van der Waals surface area contributed by atoms with E-state index < -0.39 is 10.0 Å². The smallest absolute Gasteiger partial charge is 0.240 e. The molecular weight excluding hydrogens is 336 g/mol. The molecule has 0 aromatic heterocycles. The van der Waals surface area contributed by atoms with Crippen molar-refractivity contribution >= 4 is 10.0 Å². The van der Waals surface area contributed by atoms with Gasteiger partial charge >= 0.3 is 0 Å². The zero-order chi connectivity index (χ0) is 17.7. The van der Waals surface area contributed by atoms with Crippen molar-refractivity contribution < 1.29 is 13.2 Å². The summed E-state index contributed by atoms with van der Waals surface area (Å²) in [7, 11) is -3.50. The molecule has 1 atom stereocenters. The van der Waals surface area contributed by atoms with E-state index in [1.165, 1.54) is 0 Å². The van der Waals surface area contributed by atoms with Crippen LogP contribution in [0.15, 0.2) is 59.5 Å². The Labute approximate surface area is 149 Å². The summed E-state index contributed by atoms with van der Waals surface area (Å²) in [4.78, 5) is 2.53. The summed E-state index contributed by atoms with van der Waals surface area (Å²) in [6.07, 6.45) is 0. The first-order valence-corrected chi connectivity index (χ1v) is 10.0. The van der Waals surface area contributed by atoms with Gasteiger partial charge < -0.3 is 4.74 Å². The molecule has 1 fully saturated rings. The van der Waals surface area contributed by atoms with Gasteiger partial charge in [-0.2, -0.15) is 0 Å². The Morgan fingerprint density at radius 3 is 2.24 bits per heavy atom. The maximum atomic E-state index is 12.5. The number of benzene rings is 2. The first kappa shape index (κ1) is 18.1. The maximum Gasteiger partial charge on any atom is 0.240 e. The van der Waals surface area contributed by atoms with Crippen LogP contribution < -0.4 is 4.72 Å². The summed E-state index contributed by atoms with van der Waals surface area (Å²) < 4.78 is 33.1. The van der Waals surface area contributed by atoms with Gasteiger partial charge in [-0.05, 0) is 30.2 Å². The fourth-order valence-electron chi connectivity index (χ4n) is 2.92. The van der Waals surface area contributed by atoms with Gasteiger partial charge in [0.05, 0.1) is 18.1 Å². The van der Waals surface area contributed by atoms with Crippen LogP contribution in [-0.4, -0.2) is 52.2 Å². The number of morpholine rings is 1. The highest BCUT2D eigenvalue weighted by molar-refractivity contribution is 7.89. The Kier molecular flexibility index (Phi) is 5.86. The second-order valence-corrected chi connectivity index (χ2v) is 8.01. The second-order valence-electron chi connectivity index (χ2n) is 6.24. The molecule has 1 saturated heterocycles. The van der Waals surface area contributed by atoms with Crippen LogP contribution in [0.25, 0.3) is 11.1 Å². The molecular formula is C19H24N2O3S. The number of hydrogen-bond donors (Lipinski definition) is 1. The molecule has 1 N–H and O–H groups in total. The number of nitrogens with zero attached hydrogens (tertiary/aromatic N) is 1. The zero-order valence-corrected chi connectivity index (χ0v) is 15.2. The Morgan fingerprint density at radius 2 is 1.60 bits per heavy atom. The molecule has 0 saturated carbocycles. The van der Waals surface area contributed by atoms with E-state index >= 15 is 0 Å². The molecule has 0 radical (unpaired) electrons. The largest absolute Gasteiger partial charge is 0.379 e. The summed E-state index contributed by atoms with van der Waals surface area (Å²) in [6, 6.07) is 17.0. The van der Waals surface area contributed by atoms with Gasteiger partial charge in [0.2, 0.25) is 10.0 Å². The number of ether oxygens (including phenoxy) is 1. The monoisotopic (exact) mass is 360 g/mol. The minimum absolute atomic E-state index is 0.141. The molecule has 25 heavy (non-hydrogen) atoms. The average molecular weight is 360 g/mol. The molecule has 6 heteroatoms. The van der Waals surface area contributed by atoms with Crippen molar-refractivity contribution in [1.82, 2.24) is 9.62 Å². The molecule has 5 nitrogen and oxygen atoms in total. The molecule has 2 aromatic carbocycles. The topological polar surface area (TPSA) is 58.6 Å². The van der Waals surface area contributed by atoms with Crippen LogP contribution in [0.3, 0.4) is 0 Å². The maximum absolute atomic E-state index is 12.5. The van der Waals surface area contributed by atoms with E-state index in [1.54, 1.807) is 12.1 Å². The Hall–Kier alpha value is -1.73. The summed E-state index contributed by atoms with van der Waals surface area (Å²) in [5.41, 5.74) is 2.07. The first-order valence-electron chi connectivity index (χ1n) is 8.53. The standard InChI is InChI=1S/C19H24N2O3S/c1-16(21-11-13-24-14-12-21)15-20-25(22,23)19-9-7-18(8-10-19)17-5-3-2-4-6-17/h2-10,16,20H,11-15H2,1H3. The van der Waals surface area contributed by atoms with Gasteiger partial charge in [0.1, 0.15) is 0 Å². The van der Waals surface area contributed by atoms with E-state index in [-0.39, 0.29) is 6.04 Å². The molecule has 0 aliphatic carbocycles. The number of hydrogen-bond acceptors (Lipinski definition) is 4. The molecule has 134 valence electrons. The molecule has 1 unspecified atom stereocenters. The van der Waals surface area contributed by atoms with Crippen LogP contribution in [0, 0.1) is 0 Å². The van der Waals surface area contributed by atoms with Gasteiger partial charge in [-0.15, -0.1) is 0 Å². The van der Waals surface area contributed by atoms with Crippen LogP contribution in [0.2, 0.25) is 0 Å². The van der Waals surface area contributed by atoms with Crippen molar-refractivity contribution in [2.24, 2.45) is 0 Å². The van der Waals surface area contributed by atoms with Gasteiger partial charge in [0.15, 0.2) is 0 Å². The summed E-state index contributed by atoms with van der Waals surface area (Å²) in [6.45, 7) is 5.52. The third-order valence-electron chi connectivity index (χ3n) is 4.51. The Bertz CT molecular complexity index is 770. The van der Waals surface area contributed by atoms with Crippen LogP contribution in [0.4, 0.5) is 0 Å². The summed E-state index contributed by atoms with van der Waals surface area (Å²) in [5.74, 6) is 0. The zero-order valence-electron chi connectivity index (χ0n) is 14.4. The normalized spacial score (nSPS) is 17.3. The van der Waals surface area contributed by atoms with Gasteiger partial charge in [-0.25, -0.2) is 13.1 Å². The predicted molar refractivity (Wildman–Crippen MR) is 98.9 cm³/mol. The minimum Gasteiger partial charge on any atom is -0.379 e. The predicted octanol–water partition coefficient (Wildman–Crippen LogP) is 2.35. The Balaban J connectivity index is 1.63. The molecule has 1 aliphatic heterocycles. The van der Waals surface area contributed by atoms with Crippen molar-refractivity contribution in [3.05, 3.63) is 54.6 Å². The molecule has 1 heterocycles. The molecule has 2 aromatic rings. The Morgan fingerprint density at radius 1 is 1.00 bits per heavy atom. The highest BCUT2D eigenvalue weighted by Crippen LogP contribution is 2.21. The molecule has 0 bridgehead atoms. The number of sulfonamides is 1. The van der Waals surface area contributed by atoms with E-state index in [0.29, 0.717) is 24.7 Å². The van der Waals surface area contributed by atoms with Crippen molar-refractivity contribution in [2.45, 2.75) is 17.9 Å². The van der Waals surface area contributed by atoms with Crippen molar-refractivity contribution in [1.29, 1.82) is 0 Å². The highest BCUT2D eigenvalue weighted by Gasteiger charge is 2.20. The van der Waals surface area contributed by atoms with E-state index in [9.17, 15) is 8.42 Å². The molecule has 3 rings (SSSR count). The van der Waals surface area contributed by atoms with Crippen LogP contribution in [0.5, 0.6) is 0 Å². The number of nitrogens with one attached hydrogen (secondary N) is 1. The van der Waals surface area contributed by atoms with Crippen molar-refractivity contribution in [2.75, 3.05) is 32.8 Å². The van der Waals surface area contributed by atoms with E-state index in [4.69, 9.17) is 4.74 Å². The van der Waals surface area contributed by atoms with Gasteiger partial charge in [0, 0.05) is 25.7 Å². The summed E-state index contributed by atoms with van der Waals surface area (Å²) >= 11 is 0. The van der Waals surface area contributed by atoms with Crippen LogP contribution >= 0.6 is 0 Å². The van der Waals surface area contributed by atoms with Crippen LogP contribution in [0.1, 0.15) is 6.92 Å². The SMILES string of the molecule is CC(CNS(=O)(=O)c1ccc(-c2ccccc2)cc1)N1CCOCC1. The quantitative estimate of drug-likeness (QED) is 0.859. The second kappa shape index (κ2) is 8.10. The fourth-order valence-corrected chi connectivity index (χ4v) is 4.04. The first-order chi connectivity index (χ1) is 12.1. The lowest BCUT2D eigenvalue weighted by molar-refractivity contribution is 0.0213. The van der Waals surface area contributed by atoms with E-state index in [2.05, 4.69) is 9.62 Å². The van der Waals surface area contributed by atoms with Gasteiger partial charge in [0.25, 0.3) is 0 Å². The molecule has 1 aliphatic rings. The van der Waals surface area contributed by atoms with Crippen LogP contribution in [-0.2, 0) is 14.8 Å². The minimum atomic E-state index is -3.50. The van der Waals surface area contributed by atoms with Crippen molar-refractivity contribution in [3.63, 3.8) is 0 Å². The lowest BCUT2D eigenvalue weighted by atomic mass is 10.1. The lowest BCUT2D eigenvalue weighted by Gasteiger charge is -2.32. The van der Waals surface area contributed by atoms with E-state index in [0.717, 1.165) is 24.2 Å². The highest BCUT2D eigenvalue weighted by atomic mass is 32.2. The van der Waals surface area contributed by atoms with Crippen molar-refractivity contribution in [3.8, 4) is 11.1 Å². The van der Waals surface area contributed by atoms with Gasteiger partial charge in [-0.3, -0.25) is 4.90 Å². The van der Waals surface area contributed by atoms with Gasteiger partial charge in [-0.1, -0.05) is 42.5 Å². The number of rotatable bonds is 6.